The Bertz CT molecular complexity index is 507. The second kappa shape index (κ2) is 8.08. The van der Waals surface area contributed by atoms with Gasteiger partial charge in [0.2, 0.25) is 17.6 Å². The minimum absolute atomic E-state index is 0.0774. The van der Waals surface area contributed by atoms with Gasteiger partial charge in [-0.25, -0.2) is 4.79 Å². The minimum Gasteiger partial charge on any atom is -0.475 e. The summed E-state index contributed by atoms with van der Waals surface area (Å²) in [6, 6.07) is 2.79. The first kappa shape index (κ1) is 16.7. The molecular formula is C14H20N2O5. The highest BCUT2D eigenvalue weighted by atomic mass is 16.4. The van der Waals surface area contributed by atoms with Gasteiger partial charge in [0.15, 0.2) is 0 Å². The fourth-order valence-electron chi connectivity index (χ4n) is 1.52. The number of hydrogen-bond acceptors (Lipinski definition) is 4. The van der Waals surface area contributed by atoms with E-state index in [1.807, 2.05) is 13.8 Å². The van der Waals surface area contributed by atoms with Crippen LogP contribution in [0.4, 0.5) is 0 Å². The average Bonchev–Trinajstić information content (AvgIpc) is 2.89. The Morgan fingerprint density at radius 2 is 1.90 bits per heavy atom. The van der Waals surface area contributed by atoms with Crippen LogP contribution in [0.1, 0.15) is 43.0 Å². The van der Waals surface area contributed by atoms with Crippen LogP contribution in [0.3, 0.4) is 0 Å². The van der Waals surface area contributed by atoms with Crippen LogP contribution in [0.5, 0.6) is 0 Å². The first-order valence-electron chi connectivity index (χ1n) is 6.74. The molecular weight excluding hydrogens is 276 g/mol. The number of hydrogen-bond donors (Lipinski definition) is 3. The maximum Gasteiger partial charge on any atom is 0.371 e. The number of nitrogens with one attached hydrogen (secondary N) is 2. The Labute approximate surface area is 122 Å². The van der Waals surface area contributed by atoms with Gasteiger partial charge in [-0.05, 0) is 24.5 Å². The van der Waals surface area contributed by atoms with Gasteiger partial charge in [0, 0.05) is 6.42 Å². The van der Waals surface area contributed by atoms with Gasteiger partial charge in [-0.15, -0.1) is 0 Å². The third kappa shape index (κ3) is 6.60. The number of carboxylic acid groups (broad SMARTS) is 1. The second-order valence-electron chi connectivity index (χ2n) is 5.06. The SMILES string of the molecule is CC(C)CCC(=O)NCC(=O)NCc1ccc(C(=O)O)o1. The summed E-state index contributed by atoms with van der Waals surface area (Å²) in [5, 5.41) is 13.7. The van der Waals surface area contributed by atoms with Gasteiger partial charge in [0.05, 0.1) is 13.1 Å². The van der Waals surface area contributed by atoms with Crippen LogP contribution in [0, 0.1) is 5.92 Å². The summed E-state index contributed by atoms with van der Waals surface area (Å²) >= 11 is 0. The molecule has 21 heavy (non-hydrogen) atoms. The van der Waals surface area contributed by atoms with E-state index in [4.69, 9.17) is 9.52 Å². The number of amides is 2. The smallest absolute Gasteiger partial charge is 0.371 e. The highest BCUT2D eigenvalue weighted by Crippen LogP contribution is 2.07. The molecule has 1 rings (SSSR count). The molecule has 0 saturated carbocycles. The van der Waals surface area contributed by atoms with Crippen molar-refractivity contribution in [2.75, 3.05) is 6.54 Å². The molecule has 116 valence electrons. The number of rotatable bonds is 8. The summed E-state index contributed by atoms with van der Waals surface area (Å²) in [6.07, 6.45) is 1.17. The van der Waals surface area contributed by atoms with Gasteiger partial charge >= 0.3 is 5.97 Å². The third-order valence-electron chi connectivity index (χ3n) is 2.73. The van der Waals surface area contributed by atoms with E-state index < -0.39 is 5.97 Å². The third-order valence-corrected chi connectivity index (χ3v) is 2.73. The topological polar surface area (TPSA) is 109 Å². The van der Waals surface area contributed by atoms with Crippen molar-refractivity contribution in [2.24, 2.45) is 5.92 Å². The van der Waals surface area contributed by atoms with Crippen molar-refractivity contribution in [3.63, 3.8) is 0 Å². The normalized spacial score (nSPS) is 10.4. The van der Waals surface area contributed by atoms with E-state index in [-0.39, 0.29) is 30.7 Å². The van der Waals surface area contributed by atoms with Crippen molar-refractivity contribution in [1.29, 1.82) is 0 Å². The molecule has 1 aromatic heterocycles. The van der Waals surface area contributed by atoms with Crippen molar-refractivity contribution < 1.29 is 23.9 Å². The monoisotopic (exact) mass is 296 g/mol. The predicted octanol–water partition coefficient (Wildman–Crippen LogP) is 1.15. The maximum absolute atomic E-state index is 11.5. The Kier molecular flexibility index (Phi) is 6.45. The molecule has 2 amide bonds. The molecule has 0 aromatic carbocycles. The molecule has 0 aliphatic rings. The molecule has 0 atom stereocenters. The molecule has 0 aliphatic carbocycles. The lowest BCUT2D eigenvalue weighted by atomic mass is 10.1. The van der Waals surface area contributed by atoms with E-state index in [2.05, 4.69) is 10.6 Å². The Morgan fingerprint density at radius 1 is 1.19 bits per heavy atom. The van der Waals surface area contributed by atoms with Gasteiger partial charge in [-0.1, -0.05) is 13.8 Å². The lowest BCUT2D eigenvalue weighted by Gasteiger charge is -2.07. The van der Waals surface area contributed by atoms with E-state index in [9.17, 15) is 14.4 Å². The van der Waals surface area contributed by atoms with E-state index >= 15 is 0 Å². The van der Waals surface area contributed by atoms with E-state index in [1.54, 1.807) is 0 Å². The summed E-state index contributed by atoms with van der Waals surface area (Å²) in [5.41, 5.74) is 0. The standard InChI is InChI=1S/C14H20N2O5/c1-9(2)3-6-12(17)16-8-13(18)15-7-10-4-5-11(21-10)14(19)20/h4-5,9H,3,6-8H2,1-2H3,(H,15,18)(H,16,17)(H,19,20). The molecule has 0 aliphatic heterocycles. The minimum atomic E-state index is -1.16. The summed E-state index contributed by atoms with van der Waals surface area (Å²) in [7, 11) is 0. The van der Waals surface area contributed by atoms with Crippen molar-refractivity contribution in [3.05, 3.63) is 23.7 Å². The number of carbonyl (C=O) groups excluding carboxylic acids is 2. The summed E-state index contributed by atoms with van der Waals surface area (Å²) in [4.78, 5) is 33.6. The van der Waals surface area contributed by atoms with Crippen molar-refractivity contribution in [1.82, 2.24) is 10.6 Å². The highest BCUT2D eigenvalue weighted by Gasteiger charge is 2.10. The van der Waals surface area contributed by atoms with E-state index in [0.29, 0.717) is 18.1 Å². The lowest BCUT2D eigenvalue weighted by molar-refractivity contribution is -0.126. The van der Waals surface area contributed by atoms with Crippen LogP contribution in [-0.4, -0.2) is 29.4 Å². The summed E-state index contributed by atoms with van der Waals surface area (Å²) in [6.45, 7) is 4.01. The quantitative estimate of drug-likeness (QED) is 0.666. The fraction of sp³-hybridized carbons (Fsp3) is 0.500. The zero-order chi connectivity index (χ0) is 15.8. The first-order chi connectivity index (χ1) is 9.88. The first-order valence-corrected chi connectivity index (χ1v) is 6.74. The lowest BCUT2D eigenvalue weighted by Crippen LogP contribution is -2.36. The number of carboxylic acids is 1. The largest absolute Gasteiger partial charge is 0.475 e. The zero-order valence-corrected chi connectivity index (χ0v) is 12.1. The molecule has 7 nitrogen and oxygen atoms in total. The van der Waals surface area contributed by atoms with E-state index in [1.165, 1.54) is 12.1 Å². The van der Waals surface area contributed by atoms with Gasteiger partial charge in [0.25, 0.3) is 0 Å². The average molecular weight is 296 g/mol. The molecule has 0 saturated heterocycles. The molecule has 0 radical (unpaired) electrons. The summed E-state index contributed by atoms with van der Waals surface area (Å²) in [5.74, 6) is -1.09. The zero-order valence-electron chi connectivity index (χ0n) is 12.1. The van der Waals surface area contributed by atoms with Crippen LogP contribution >= 0.6 is 0 Å². The Hall–Kier alpha value is -2.31. The Balaban J connectivity index is 2.24. The van der Waals surface area contributed by atoms with Crippen molar-refractivity contribution in [2.45, 2.75) is 33.2 Å². The van der Waals surface area contributed by atoms with Crippen molar-refractivity contribution >= 4 is 17.8 Å². The second-order valence-corrected chi connectivity index (χ2v) is 5.06. The molecule has 1 aromatic rings. The van der Waals surface area contributed by atoms with Crippen LogP contribution in [-0.2, 0) is 16.1 Å². The molecule has 3 N–H and O–H groups in total. The van der Waals surface area contributed by atoms with Gasteiger partial charge in [-0.2, -0.15) is 0 Å². The Morgan fingerprint density at radius 3 is 2.48 bits per heavy atom. The molecule has 1 heterocycles. The molecule has 0 bridgehead atoms. The highest BCUT2D eigenvalue weighted by molar-refractivity contribution is 5.85. The summed E-state index contributed by atoms with van der Waals surface area (Å²) < 4.78 is 4.98. The number of carbonyl (C=O) groups is 3. The molecule has 7 heteroatoms. The predicted molar refractivity (Wildman–Crippen MR) is 74.6 cm³/mol. The van der Waals surface area contributed by atoms with Crippen LogP contribution < -0.4 is 10.6 Å². The molecule has 0 unspecified atom stereocenters. The number of furan rings is 1. The van der Waals surface area contributed by atoms with E-state index in [0.717, 1.165) is 6.42 Å². The molecule has 0 spiro atoms. The maximum atomic E-state index is 11.5. The molecule has 0 fully saturated rings. The number of aromatic carboxylic acids is 1. The van der Waals surface area contributed by atoms with Crippen LogP contribution in [0.15, 0.2) is 16.5 Å². The van der Waals surface area contributed by atoms with Gasteiger partial charge in [-0.3, -0.25) is 9.59 Å². The van der Waals surface area contributed by atoms with Crippen molar-refractivity contribution in [3.8, 4) is 0 Å². The van der Waals surface area contributed by atoms with Gasteiger partial charge < -0.3 is 20.2 Å². The van der Waals surface area contributed by atoms with Crippen LogP contribution in [0.2, 0.25) is 0 Å². The van der Waals surface area contributed by atoms with Gasteiger partial charge in [0.1, 0.15) is 5.76 Å². The fourth-order valence-corrected chi connectivity index (χ4v) is 1.52. The van der Waals surface area contributed by atoms with Crippen LogP contribution in [0.25, 0.3) is 0 Å².